The number of piperidine rings is 1. The van der Waals surface area contributed by atoms with Crippen molar-refractivity contribution in [1.82, 2.24) is 4.90 Å². The molecule has 0 aliphatic carbocycles. The summed E-state index contributed by atoms with van der Waals surface area (Å²) in [6.07, 6.45) is 2.69. The van der Waals surface area contributed by atoms with Gasteiger partial charge in [0.25, 0.3) is 15.9 Å². The van der Waals surface area contributed by atoms with Crippen molar-refractivity contribution < 1.29 is 22.7 Å². The Balaban J connectivity index is 2.00. The van der Waals surface area contributed by atoms with Crippen LogP contribution in [0.3, 0.4) is 0 Å². The number of sulfonamides is 1. The van der Waals surface area contributed by atoms with Gasteiger partial charge in [-0.2, -0.15) is 0 Å². The second-order valence-corrected chi connectivity index (χ2v) is 9.90. The molecule has 0 spiro atoms. The fourth-order valence-electron chi connectivity index (χ4n) is 3.80. The molecule has 1 atom stereocenters. The number of nitrogens with two attached hydrogens (primary N) is 1. The van der Waals surface area contributed by atoms with Crippen LogP contribution >= 0.6 is 11.6 Å². The lowest BCUT2D eigenvalue weighted by molar-refractivity contribution is -0.123. The number of likely N-dealkylation sites (tertiary alicyclic amines) is 1. The highest BCUT2D eigenvalue weighted by atomic mass is 35.5. The molecule has 2 aromatic carbocycles. The average Bonchev–Trinajstić information content (AvgIpc) is 2.82. The zero-order valence-corrected chi connectivity index (χ0v) is 19.8. The molecule has 0 bridgehead atoms. The molecule has 1 fully saturated rings. The summed E-state index contributed by atoms with van der Waals surface area (Å²) in [5, 5.41) is 0.118. The standard InChI is InChI=1S/C23H26ClN3O5S/c1-3-12-27(20-8-4-5-9-21(20)32-2)33(30,31)17-10-11-19(24)18(14-17)23(29)26-13-6-7-16(15-26)22(25)28/h3-5,8-11,14,16H,1,6-7,12-13,15H2,2H3,(H2,25,28)/t16-/m1/s1. The summed E-state index contributed by atoms with van der Waals surface area (Å²) in [6, 6.07) is 10.7. The number of carbonyl (C=O) groups excluding carboxylic acids is 2. The van der Waals surface area contributed by atoms with E-state index in [4.69, 9.17) is 22.1 Å². The number of carbonyl (C=O) groups is 2. The number of benzene rings is 2. The highest BCUT2D eigenvalue weighted by Gasteiger charge is 2.31. The highest BCUT2D eigenvalue weighted by molar-refractivity contribution is 7.92. The van der Waals surface area contributed by atoms with Gasteiger partial charge in [-0.25, -0.2) is 8.42 Å². The number of halogens is 1. The van der Waals surface area contributed by atoms with Gasteiger partial charge in [-0.15, -0.1) is 6.58 Å². The summed E-state index contributed by atoms with van der Waals surface area (Å²) in [7, 11) is -2.65. The molecule has 0 radical (unpaired) electrons. The van der Waals surface area contributed by atoms with Crippen LogP contribution in [0.1, 0.15) is 23.2 Å². The Hall–Kier alpha value is -3.04. The van der Waals surface area contributed by atoms with Gasteiger partial charge in [0.2, 0.25) is 5.91 Å². The number of anilines is 1. The van der Waals surface area contributed by atoms with Gasteiger partial charge in [-0.05, 0) is 43.2 Å². The van der Waals surface area contributed by atoms with Crippen LogP contribution in [-0.4, -0.2) is 51.9 Å². The lowest BCUT2D eigenvalue weighted by Gasteiger charge is -2.31. The molecule has 1 aliphatic rings. The smallest absolute Gasteiger partial charge is 0.264 e. The minimum atomic E-state index is -4.10. The van der Waals surface area contributed by atoms with Crippen molar-refractivity contribution in [2.75, 3.05) is 31.0 Å². The topological polar surface area (TPSA) is 110 Å². The summed E-state index contributed by atoms with van der Waals surface area (Å²) in [5.41, 5.74) is 5.79. The van der Waals surface area contributed by atoms with E-state index in [2.05, 4.69) is 6.58 Å². The molecule has 2 amide bonds. The second-order valence-electron chi connectivity index (χ2n) is 7.63. The Labute approximate surface area is 198 Å². The van der Waals surface area contributed by atoms with Crippen LogP contribution in [0.25, 0.3) is 0 Å². The van der Waals surface area contributed by atoms with E-state index in [0.29, 0.717) is 30.8 Å². The van der Waals surface area contributed by atoms with Crippen LogP contribution in [0.15, 0.2) is 60.0 Å². The highest BCUT2D eigenvalue weighted by Crippen LogP contribution is 2.33. The van der Waals surface area contributed by atoms with Gasteiger partial charge in [0.05, 0.1) is 40.7 Å². The van der Waals surface area contributed by atoms with E-state index in [1.54, 1.807) is 24.3 Å². The van der Waals surface area contributed by atoms with Gasteiger partial charge in [0, 0.05) is 13.1 Å². The van der Waals surface area contributed by atoms with Gasteiger partial charge in [-0.1, -0.05) is 29.8 Å². The first-order valence-electron chi connectivity index (χ1n) is 10.4. The largest absolute Gasteiger partial charge is 0.495 e. The average molecular weight is 492 g/mol. The molecule has 0 saturated carbocycles. The number of methoxy groups -OCH3 is 1. The first-order chi connectivity index (χ1) is 15.7. The minimum Gasteiger partial charge on any atom is -0.495 e. The Morgan fingerprint density at radius 3 is 2.70 bits per heavy atom. The van der Waals surface area contributed by atoms with E-state index in [-0.39, 0.29) is 28.6 Å². The lowest BCUT2D eigenvalue weighted by atomic mass is 9.97. The first-order valence-corrected chi connectivity index (χ1v) is 12.2. The maximum Gasteiger partial charge on any atom is 0.264 e. The third kappa shape index (κ3) is 5.15. The molecule has 0 aromatic heterocycles. The summed E-state index contributed by atoms with van der Waals surface area (Å²) < 4.78 is 33.7. The number of ether oxygens (including phenoxy) is 1. The summed E-state index contributed by atoms with van der Waals surface area (Å²) >= 11 is 6.28. The molecule has 1 saturated heterocycles. The summed E-state index contributed by atoms with van der Waals surface area (Å²) in [6.45, 7) is 4.25. The van der Waals surface area contributed by atoms with Crippen molar-refractivity contribution in [2.24, 2.45) is 11.7 Å². The van der Waals surface area contributed by atoms with Crippen LogP contribution in [0.2, 0.25) is 5.02 Å². The maximum absolute atomic E-state index is 13.6. The molecular formula is C23H26ClN3O5S. The third-order valence-corrected chi connectivity index (χ3v) is 7.62. The zero-order chi connectivity index (χ0) is 24.2. The summed E-state index contributed by atoms with van der Waals surface area (Å²) in [4.78, 5) is 26.1. The van der Waals surface area contributed by atoms with Crippen molar-refractivity contribution in [3.05, 3.63) is 65.7 Å². The quantitative estimate of drug-likeness (QED) is 0.570. The molecule has 1 aliphatic heterocycles. The van der Waals surface area contributed by atoms with Crippen LogP contribution < -0.4 is 14.8 Å². The van der Waals surface area contributed by atoms with Crippen molar-refractivity contribution in [3.8, 4) is 5.75 Å². The molecule has 0 unspecified atom stereocenters. The van der Waals surface area contributed by atoms with E-state index in [0.717, 1.165) is 4.31 Å². The Kier molecular flexibility index (Phi) is 7.65. The Morgan fingerprint density at radius 2 is 2.03 bits per heavy atom. The molecule has 8 nitrogen and oxygen atoms in total. The third-order valence-electron chi connectivity index (χ3n) is 5.52. The van der Waals surface area contributed by atoms with Crippen molar-refractivity contribution in [1.29, 1.82) is 0 Å². The molecule has 3 rings (SSSR count). The van der Waals surface area contributed by atoms with Crippen molar-refractivity contribution in [2.45, 2.75) is 17.7 Å². The van der Waals surface area contributed by atoms with Gasteiger partial charge in [0.15, 0.2) is 0 Å². The van der Waals surface area contributed by atoms with E-state index < -0.39 is 27.8 Å². The number of nitrogens with zero attached hydrogens (tertiary/aromatic N) is 2. The van der Waals surface area contributed by atoms with Crippen LogP contribution in [0, 0.1) is 5.92 Å². The van der Waals surface area contributed by atoms with Crippen molar-refractivity contribution >= 4 is 39.1 Å². The minimum absolute atomic E-state index is 0.0129. The van der Waals surface area contributed by atoms with Gasteiger partial charge in [-0.3, -0.25) is 13.9 Å². The normalized spacial score (nSPS) is 16.2. The van der Waals surface area contributed by atoms with E-state index in [9.17, 15) is 18.0 Å². The molecule has 176 valence electrons. The number of amides is 2. The molecular weight excluding hydrogens is 466 g/mol. The van der Waals surface area contributed by atoms with Crippen molar-refractivity contribution in [3.63, 3.8) is 0 Å². The first kappa shape index (κ1) is 24.6. The molecule has 1 heterocycles. The predicted octanol–water partition coefficient (Wildman–Crippen LogP) is 3.07. The van der Waals surface area contributed by atoms with Gasteiger partial charge >= 0.3 is 0 Å². The van der Waals surface area contributed by atoms with Crippen LogP contribution in [0.5, 0.6) is 5.75 Å². The molecule has 33 heavy (non-hydrogen) atoms. The molecule has 2 aromatic rings. The molecule has 10 heteroatoms. The van der Waals surface area contributed by atoms with Gasteiger partial charge in [0.1, 0.15) is 5.75 Å². The molecule has 2 N–H and O–H groups in total. The number of hydrogen-bond donors (Lipinski definition) is 1. The number of primary amides is 1. The fraction of sp³-hybridized carbons (Fsp3) is 0.304. The van der Waals surface area contributed by atoms with E-state index in [1.165, 1.54) is 36.3 Å². The van der Waals surface area contributed by atoms with Crippen LogP contribution in [-0.2, 0) is 14.8 Å². The second kappa shape index (κ2) is 10.3. The van der Waals surface area contributed by atoms with Gasteiger partial charge < -0.3 is 15.4 Å². The fourth-order valence-corrected chi connectivity index (χ4v) is 5.47. The lowest BCUT2D eigenvalue weighted by Crippen LogP contribution is -2.44. The maximum atomic E-state index is 13.6. The Bertz CT molecular complexity index is 1170. The number of para-hydroxylation sites is 2. The number of hydrogen-bond acceptors (Lipinski definition) is 5. The number of rotatable bonds is 8. The Morgan fingerprint density at radius 1 is 1.30 bits per heavy atom. The van der Waals surface area contributed by atoms with E-state index in [1.807, 2.05) is 0 Å². The SMILES string of the molecule is C=CCN(c1ccccc1OC)S(=O)(=O)c1ccc(Cl)c(C(=O)N2CCC[C@@H](C(N)=O)C2)c1. The monoisotopic (exact) mass is 491 g/mol. The van der Waals surface area contributed by atoms with E-state index >= 15 is 0 Å². The zero-order valence-electron chi connectivity index (χ0n) is 18.2. The predicted molar refractivity (Wildman–Crippen MR) is 127 cm³/mol. The van der Waals surface area contributed by atoms with Crippen LogP contribution in [0.4, 0.5) is 5.69 Å². The summed E-state index contributed by atoms with van der Waals surface area (Å²) in [5.74, 6) is -0.983.